The molecule has 1 aromatic rings. The van der Waals surface area contributed by atoms with Gasteiger partial charge in [-0.25, -0.2) is 4.98 Å². The van der Waals surface area contributed by atoms with Gasteiger partial charge >= 0.3 is 0 Å². The largest absolute Gasteiger partial charge is 0.356 e. The predicted molar refractivity (Wildman–Crippen MR) is 76.7 cm³/mol. The number of hydrogen-bond acceptors (Lipinski definition) is 3. The summed E-state index contributed by atoms with van der Waals surface area (Å²) >= 11 is 0. The first kappa shape index (κ1) is 13.3. The van der Waals surface area contributed by atoms with Gasteiger partial charge in [-0.1, -0.05) is 31.7 Å². The monoisotopic (exact) mass is 247 g/mol. The third-order valence-corrected chi connectivity index (χ3v) is 4.01. The number of nitrogens with zero attached hydrogens (tertiary/aromatic N) is 2. The molecule has 3 heteroatoms. The molecule has 2 N–H and O–H groups in total. The van der Waals surface area contributed by atoms with Gasteiger partial charge in [-0.3, -0.25) is 0 Å². The molecule has 1 aliphatic carbocycles. The lowest BCUT2D eigenvalue weighted by Crippen LogP contribution is -2.33. The van der Waals surface area contributed by atoms with Crippen molar-refractivity contribution in [2.75, 3.05) is 11.9 Å². The number of pyridine rings is 1. The van der Waals surface area contributed by atoms with Crippen molar-refractivity contribution < 1.29 is 0 Å². The third kappa shape index (κ3) is 3.02. The van der Waals surface area contributed by atoms with Crippen LogP contribution in [0.15, 0.2) is 18.3 Å². The maximum absolute atomic E-state index is 6.05. The lowest BCUT2D eigenvalue weighted by Gasteiger charge is -2.30. The fourth-order valence-corrected chi connectivity index (χ4v) is 2.88. The average molecular weight is 247 g/mol. The lowest BCUT2D eigenvalue weighted by molar-refractivity contribution is 0.546. The Hall–Kier alpha value is -1.09. The van der Waals surface area contributed by atoms with Gasteiger partial charge in [-0.05, 0) is 25.8 Å². The van der Waals surface area contributed by atoms with Gasteiger partial charge in [0.2, 0.25) is 0 Å². The van der Waals surface area contributed by atoms with Crippen molar-refractivity contribution in [2.24, 2.45) is 5.73 Å². The van der Waals surface area contributed by atoms with Gasteiger partial charge in [-0.2, -0.15) is 0 Å². The van der Waals surface area contributed by atoms with E-state index in [2.05, 4.69) is 23.0 Å². The van der Waals surface area contributed by atoms with E-state index in [1.807, 2.05) is 19.2 Å². The van der Waals surface area contributed by atoms with E-state index in [4.69, 9.17) is 5.73 Å². The Kier molecular flexibility index (Phi) is 4.59. The summed E-state index contributed by atoms with van der Waals surface area (Å²) in [6, 6.07) is 4.74. The molecular weight excluding hydrogens is 222 g/mol. The van der Waals surface area contributed by atoms with Crippen LogP contribution in [-0.4, -0.2) is 18.1 Å². The van der Waals surface area contributed by atoms with Crippen LogP contribution in [0, 0.1) is 0 Å². The summed E-state index contributed by atoms with van der Waals surface area (Å²) in [5, 5.41) is 0. The predicted octanol–water partition coefficient (Wildman–Crippen LogP) is 3.26. The molecule has 0 aromatic carbocycles. The van der Waals surface area contributed by atoms with Crippen LogP contribution >= 0.6 is 0 Å². The van der Waals surface area contributed by atoms with Crippen LogP contribution in [0.5, 0.6) is 0 Å². The lowest BCUT2D eigenvalue weighted by atomic mass is 10.1. The Balaban J connectivity index is 2.19. The third-order valence-electron chi connectivity index (χ3n) is 4.01. The standard InChI is InChI=1S/C15H25N3/c1-12(16)14-10-7-11-17-15(14)18(2)13-8-5-3-4-6-9-13/h7,10-13H,3-6,8-9,16H2,1-2H3. The van der Waals surface area contributed by atoms with Gasteiger partial charge < -0.3 is 10.6 Å². The fourth-order valence-electron chi connectivity index (χ4n) is 2.88. The van der Waals surface area contributed by atoms with E-state index in [-0.39, 0.29) is 6.04 Å². The van der Waals surface area contributed by atoms with Crippen molar-refractivity contribution in [2.45, 2.75) is 57.5 Å². The van der Waals surface area contributed by atoms with Crippen molar-refractivity contribution >= 4 is 5.82 Å². The molecule has 0 bridgehead atoms. The van der Waals surface area contributed by atoms with Crippen molar-refractivity contribution in [1.82, 2.24) is 4.98 Å². The Morgan fingerprint density at radius 1 is 1.28 bits per heavy atom. The average Bonchev–Trinajstić information content (AvgIpc) is 2.66. The van der Waals surface area contributed by atoms with E-state index >= 15 is 0 Å². The maximum Gasteiger partial charge on any atom is 0.133 e. The smallest absolute Gasteiger partial charge is 0.133 e. The number of rotatable bonds is 3. The summed E-state index contributed by atoms with van der Waals surface area (Å²) in [6.45, 7) is 2.03. The molecule has 1 unspecified atom stereocenters. The van der Waals surface area contributed by atoms with E-state index in [9.17, 15) is 0 Å². The molecule has 0 amide bonds. The highest BCUT2D eigenvalue weighted by Crippen LogP contribution is 2.28. The minimum absolute atomic E-state index is 0.0435. The summed E-state index contributed by atoms with van der Waals surface area (Å²) in [7, 11) is 2.17. The molecule has 2 rings (SSSR count). The van der Waals surface area contributed by atoms with Gasteiger partial charge in [0.05, 0.1) is 0 Å². The quantitative estimate of drug-likeness (QED) is 0.834. The molecule has 100 valence electrons. The Morgan fingerprint density at radius 2 is 1.94 bits per heavy atom. The topological polar surface area (TPSA) is 42.1 Å². The van der Waals surface area contributed by atoms with E-state index in [0.29, 0.717) is 6.04 Å². The second kappa shape index (κ2) is 6.19. The van der Waals surface area contributed by atoms with E-state index in [1.165, 1.54) is 38.5 Å². The van der Waals surface area contributed by atoms with Gasteiger partial charge in [0.15, 0.2) is 0 Å². The van der Waals surface area contributed by atoms with Crippen molar-refractivity contribution in [3.63, 3.8) is 0 Å². The molecule has 1 aromatic heterocycles. The van der Waals surface area contributed by atoms with Crippen LogP contribution in [0.2, 0.25) is 0 Å². The van der Waals surface area contributed by atoms with Gasteiger partial charge in [0.1, 0.15) is 5.82 Å². The molecule has 1 aliphatic rings. The molecule has 3 nitrogen and oxygen atoms in total. The summed E-state index contributed by atoms with van der Waals surface area (Å²) in [5.41, 5.74) is 7.20. The van der Waals surface area contributed by atoms with E-state index < -0.39 is 0 Å². The zero-order chi connectivity index (χ0) is 13.0. The molecule has 0 radical (unpaired) electrons. The summed E-state index contributed by atoms with van der Waals surface area (Å²) in [4.78, 5) is 6.90. The van der Waals surface area contributed by atoms with Crippen molar-refractivity contribution in [1.29, 1.82) is 0 Å². The Morgan fingerprint density at radius 3 is 2.56 bits per heavy atom. The van der Waals surface area contributed by atoms with Crippen LogP contribution < -0.4 is 10.6 Å². The zero-order valence-corrected chi connectivity index (χ0v) is 11.6. The van der Waals surface area contributed by atoms with Crippen LogP contribution in [0.25, 0.3) is 0 Å². The van der Waals surface area contributed by atoms with Gasteiger partial charge in [0, 0.05) is 30.9 Å². The minimum Gasteiger partial charge on any atom is -0.356 e. The number of hydrogen-bond donors (Lipinski definition) is 1. The molecule has 1 heterocycles. The molecule has 1 atom stereocenters. The van der Waals surface area contributed by atoms with Gasteiger partial charge in [-0.15, -0.1) is 0 Å². The number of aromatic nitrogens is 1. The highest BCUT2D eigenvalue weighted by atomic mass is 15.2. The molecule has 18 heavy (non-hydrogen) atoms. The SMILES string of the molecule is CC(N)c1cccnc1N(C)C1CCCCCC1. The van der Waals surface area contributed by atoms with Gasteiger partial charge in [0.25, 0.3) is 0 Å². The van der Waals surface area contributed by atoms with Crippen molar-refractivity contribution in [3.05, 3.63) is 23.9 Å². The second-order valence-electron chi connectivity index (χ2n) is 5.46. The molecule has 0 saturated heterocycles. The molecular formula is C15H25N3. The van der Waals surface area contributed by atoms with Crippen molar-refractivity contribution in [3.8, 4) is 0 Å². The Bertz CT molecular complexity index is 368. The highest BCUT2D eigenvalue weighted by molar-refractivity contribution is 5.48. The Labute approximate surface area is 110 Å². The van der Waals surface area contributed by atoms with Crippen LogP contribution in [0.3, 0.4) is 0 Å². The molecule has 1 saturated carbocycles. The summed E-state index contributed by atoms with van der Waals surface area (Å²) in [5.74, 6) is 1.07. The first-order chi connectivity index (χ1) is 8.70. The minimum atomic E-state index is 0.0435. The summed E-state index contributed by atoms with van der Waals surface area (Å²) < 4.78 is 0. The zero-order valence-electron chi connectivity index (χ0n) is 11.6. The van der Waals surface area contributed by atoms with Crippen LogP contribution in [0.4, 0.5) is 5.82 Å². The first-order valence-corrected chi connectivity index (χ1v) is 7.13. The summed E-state index contributed by atoms with van der Waals surface area (Å²) in [6.07, 6.45) is 9.88. The van der Waals surface area contributed by atoms with Crippen LogP contribution in [-0.2, 0) is 0 Å². The number of anilines is 1. The number of nitrogens with two attached hydrogens (primary N) is 1. The normalized spacial score (nSPS) is 19.3. The highest BCUT2D eigenvalue weighted by Gasteiger charge is 2.20. The second-order valence-corrected chi connectivity index (χ2v) is 5.46. The van der Waals surface area contributed by atoms with E-state index in [0.717, 1.165) is 11.4 Å². The first-order valence-electron chi connectivity index (χ1n) is 7.13. The molecule has 1 fully saturated rings. The maximum atomic E-state index is 6.05. The van der Waals surface area contributed by atoms with E-state index in [1.54, 1.807) is 0 Å². The molecule has 0 aliphatic heterocycles. The fraction of sp³-hybridized carbons (Fsp3) is 0.667. The molecule has 0 spiro atoms. The van der Waals surface area contributed by atoms with Crippen LogP contribution in [0.1, 0.15) is 57.1 Å².